The van der Waals surface area contributed by atoms with Gasteiger partial charge in [-0.05, 0) is 32.0 Å². The van der Waals surface area contributed by atoms with Crippen LogP contribution in [0, 0.1) is 0 Å². The number of ether oxygens (including phenoxy) is 1. The molecule has 0 N–H and O–H groups in total. The van der Waals surface area contributed by atoms with Crippen molar-refractivity contribution in [3.63, 3.8) is 0 Å². The zero-order valence-corrected chi connectivity index (χ0v) is 16.7. The Labute approximate surface area is 171 Å². The fourth-order valence-electron chi connectivity index (χ4n) is 2.46. The van der Waals surface area contributed by atoms with Crippen molar-refractivity contribution >= 4 is 23.2 Å². The van der Waals surface area contributed by atoms with Crippen molar-refractivity contribution in [1.82, 2.24) is 9.88 Å². The van der Waals surface area contributed by atoms with Crippen molar-refractivity contribution in [3.8, 4) is 0 Å². The molecule has 164 valence electrons. The van der Waals surface area contributed by atoms with Crippen molar-refractivity contribution in [2.75, 3.05) is 7.11 Å². The molecule has 0 aliphatic carbocycles. The van der Waals surface area contributed by atoms with Gasteiger partial charge in [-0.3, -0.25) is 4.79 Å². The minimum Gasteiger partial charge on any atom is -0.464 e. The first-order valence-electron chi connectivity index (χ1n) is 8.37. The zero-order chi connectivity index (χ0) is 22.9. The van der Waals surface area contributed by atoms with Gasteiger partial charge < -0.3 is 9.64 Å². The molecular formula is C18H16F6N2O3S. The summed E-state index contributed by atoms with van der Waals surface area (Å²) in [6, 6.07) is 0.149. The number of hydrogen-bond donors (Lipinski definition) is 0. The van der Waals surface area contributed by atoms with E-state index in [1.54, 1.807) is 13.8 Å². The smallest absolute Gasteiger partial charge is 0.416 e. The molecule has 0 atom stereocenters. The third-order valence-electron chi connectivity index (χ3n) is 3.97. The van der Waals surface area contributed by atoms with Crippen LogP contribution in [0.4, 0.5) is 26.3 Å². The van der Waals surface area contributed by atoms with Crippen LogP contribution in [-0.4, -0.2) is 34.9 Å². The lowest BCUT2D eigenvalue weighted by atomic mass is 10.0. The second kappa shape index (κ2) is 8.62. The van der Waals surface area contributed by atoms with E-state index < -0.39 is 47.0 Å². The molecule has 0 fully saturated rings. The first-order chi connectivity index (χ1) is 13.7. The lowest BCUT2D eigenvalue weighted by Gasteiger charge is -2.26. The summed E-state index contributed by atoms with van der Waals surface area (Å²) in [6.45, 7) is 2.88. The van der Waals surface area contributed by atoms with Crippen LogP contribution in [0.3, 0.4) is 0 Å². The number of aromatic nitrogens is 1. The Balaban J connectivity index is 2.44. The third kappa shape index (κ3) is 5.49. The van der Waals surface area contributed by atoms with Crippen LogP contribution < -0.4 is 0 Å². The Kier molecular flexibility index (Phi) is 6.80. The lowest BCUT2D eigenvalue weighted by molar-refractivity contribution is -0.143. The molecule has 12 heteroatoms. The van der Waals surface area contributed by atoms with Crippen LogP contribution in [0.25, 0.3) is 0 Å². The Morgan fingerprint density at radius 3 is 2.03 bits per heavy atom. The van der Waals surface area contributed by atoms with E-state index in [4.69, 9.17) is 0 Å². The number of carbonyl (C=O) groups excluding carboxylic acids is 2. The summed E-state index contributed by atoms with van der Waals surface area (Å²) in [4.78, 5) is 29.4. The minimum absolute atomic E-state index is 0.0212. The monoisotopic (exact) mass is 454 g/mol. The van der Waals surface area contributed by atoms with E-state index in [-0.39, 0.29) is 23.3 Å². The molecule has 0 saturated heterocycles. The quantitative estimate of drug-likeness (QED) is 0.470. The number of esters is 1. The van der Waals surface area contributed by atoms with E-state index >= 15 is 0 Å². The largest absolute Gasteiger partial charge is 0.464 e. The van der Waals surface area contributed by atoms with Crippen LogP contribution in [0.15, 0.2) is 23.6 Å². The third-order valence-corrected chi connectivity index (χ3v) is 4.80. The molecule has 2 aromatic rings. The number of halogens is 6. The molecule has 30 heavy (non-hydrogen) atoms. The van der Waals surface area contributed by atoms with Crippen molar-refractivity contribution < 1.29 is 40.7 Å². The molecule has 0 aliphatic rings. The number of benzene rings is 1. The molecule has 1 amide bonds. The van der Waals surface area contributed by atoms with Crippen LogP contribution in [0.2, 0.25) is 0 Å². The molecular weight excluding hydrogens is 438 g/mol. The van der Waals surface area contributed by atoms with E-state index in [1.165, 1.54) is 5.38 Å². The Morgan fingerprint density at radius 2 is 1.60 bits per heavy atom. The van der Waals surface area contributed by atoms with Gasteiger partial charge in [-0.15, -0.1) is 11.3 Å². The van der Waals surface area contributed by atoms with Gasteiger partial charge in [-0.1, -0.05) is 0 Å². The molecule has 0 aliphatic heterocycles. The van der Waals surface area contributed by atoms with Gasteiger partial charge in [0.1, 0.15) is 5.01 Å². The fourth-order valence-corrected chi connectivity index (χ4v) is 3.22. The van der Waals surface area contributed by atoms with E-state index in [0.717, 1.165) is 23.3 Å². The molecule has 1 aromatic carbocycles. The molecule has 1 aromatic heterocycles. The van der Waals surface area contributed by atoms with Crippen LogP contribution in [0.5, 0.6) is 0 Å². The molecule has 0 radical (unpaired) electrons. The lowest BCUT2D eigenvalue weighted by Crippen LogP contribution is -2.36. The van der Waals surface area contributed by atoms with Crippen molar-refractivity contribution in [3.05, 3.63) is 51.0 Å². The van der Waals surface area contributed by atoms with Gasteiger partial charge >= 0.3 is 18.3 Å². The minimum atomic E-state index is -5.07. The highest BCUT2D eigenvalue weighted by molar-refractivity contribution is 7.09. The summed E-state index contributed by atoms with van der Waals surface area (Å²) in [6.07, 6.45) is -10.1. The number of hydrogen-bond acceptors (Lipinski definition) is 5. The maximum Gasteiger partial charge on any atom is 0.416 e. The number of carbonyl (C=O) groups is 2. The maximum atomic E-state index is 13.1. The summed E-state index contributed by atoms with van der Waals surface area (Å²) in [5.41, 5.74) is -3.93. The normalized spacial score (nSPS) is 12.2. The standard InChI is InChI=1S/C18H16F6N2O3S/c1-9(2)26(7-14-25-13(8-30-14)16(28)29-3)15(27)10-4-11(17(19,20)21)6-12(5-10)18(22,23)24/h4-6,8-9H,7H2,1-3H3. The molecule has 1 heterocycles. The maximum absolute atomic E-state index is 13.1. The molecule has 5 nitrogen and oxygen atoms in total. The van der Waals surface area contributed by atoms with Gasteiger partial charge in [0.15, 0.2) is 5.69 Å². The first-order valence-corrected chi connectivity index (χ1v) is 9.25. The zero-order valence-electron chi connectivity index (χ0n) is 15.9. The van der Waals surface area contributed by atoms with Gasteiger partial charge in [0.2, 0.25) is 0 Å². The summed E-state index contributed by atoms with van der Waals surface area (Å²) in [7, 11) is 1.15. The van der Waals surface area contributed by atoms with Crippen LogP contribution >= 0.6 is 11.3 Å². The number of methoxy groups -OCH3 is 1. The number of nitrogens with zero attached hydrogens (tertiary/aromatic N) is 2. The van der Waals surface area contributed by atoms with Gasteiger partial charge in [0, 0.05) is 17.0 Å². The number of amides is 1. The van der Waals surface area contributed by atoms with Crippen LogP contribution in [-0.2, 0) is 23.6 Å². The summed E-state index contributed by atoms with van der Waals surface area (Å²) < 4.78 is 83.0. The number of rotatable bonds is 5. The topological polar surface area (TPSA) is 59.5 Å². The number of alkyl halides is 6. The van der Waals surface area contributed by atoms with E-state index in [1.807, 2.05) is 0 Å². The van der Waals surface area contributed by atoms with E-state index in [9.17, 15) is 35.9 Å². The Hall–Kier alpha value is -2.63. The summed E-state index contributed by atoms with van der Waals surface area (Å²) in [5, 5.41) is 1.64. The van der Waals surface area contributed by atoms with Gasteiger partial charge in [-0.25, -0.2) is 9.78 Å². The highest BCUT2D eigenvalue weighted by atomic mass is 32.1. The average Bonchev–Trinajstić information content (AvgIpc) is 3.11. The molecule has 2 rings (SSSR count). The molecule has 0 bridgehead atoms. The van der Waals surface area contributed by atoms with E-state index in [2.05, 4.69) is 9.72 Å². The van der Waals surface area contributed by atoms with Crippen molar-refractivity contribution in [2.24, 2.45) is 0 Å². The predicted molar refractivity (Wildman–Crippen MR) is 94.9 cm³/mol. The Morgan fingerprint density at radius 1 is 1.07 bits per heavy atom. The van der Waals surface area contributed by atoms with Gasteiger partial charge in [0.25, 0.3) is 5.91 Å². The highest BCUT2D eigenvalue weighted by Gasteiger charge is 2.38. The highest BCUT2D eigenvalue weighted by Crippen LogP contribution is 2.36. The summed E-state index contributed by atoms with van der Waals surface area (Å²) in [5.74, 6) is -1.75. The van der Waals surface area contributed by atoms with Crippen LogP contribution in [0.1, 0.15) is 50.8 Å². The first kappa shape index (κ1) is 23.6. The number of thiazole rings is 1. The van der Waals surface area contributed by atoms with Gasteiger partial charge in [-0.2, -0.15) is 26.3 Å². The summed E-state index contributed by atoms with van der Waals surface area (Å²) >= 11 is 1.00. The van der Waals surface area contributed by atoms with Gasteiger partial charge in [0.05, 0.1) is 24.8 Å². The molecule has 0 unspecified atom stereocenters. The van der Waals surface area contributed by atoms with Crippen molar-refractivity contribution in [2.45, 2.75) is 38.8 Å². The SMILES string of the molecule is COC(=O)c1csc(CN(C(=O)c2cc(C(F)(F)F)cc(C(F)(F)F)c2)C(C)C)n1. The van der Waals surface area contributed by atoms with E-state index in [0.29, 0.717) is 12.1 Å². The Bertz CT molecular complexity index is 904. The van der Waals surface area contributed by atoms with Crippen molar-refractivity contribution in [1.29, 1.82) is 0 Å². The fraction of sp³-hybridized carbons (Fsp3) is 0.389. The predicted octanol–water partition coefficient (Wildman–Crippen LogP) is 5.02. The average molecular weight is 454 g/mol. The second-order valence-electron chi connectivity index (χ2n) is 6.44. The molecule has 0 spiro atoms. The second-order valence-corrected chi connectivity index (χ2v) is 7.38. The molecule has 0 saturated carbocycles.